The Morgan fingerprint density at radius 1 is 0.871 bits per heavy atom. The van der Waals surface area contributed by atoms with E-state index in [9.17, 15) is 19.7 Å². The average molecular weight is 413 g/mol. The molecular weight excluding hydrogens is 394 g/mol. The Morgan fingerprint density at radius 3 is 2.13 bits per heavy atom. The van der Waals surface area contributed by atoms with Crippen molar-refractivity contribution in [2.24, 2.45) is 0 Å². The number of hydrogen-bond donors (Lipinski definition) is 1. The van der Waals surface area contributed by atoms with Gasteiger partial charge in [-0.05, 0) is 42.3 Å². The molecule has 0 saturated carbocycles. The van der Waals surface area contributed by atoms with Crippen LogP contribution >= 0.6 is 0 Å². The Kier molecular flexibility index (Phi) is 5.32. The zero-order chi connectivity index (χ0) is 22.0. The van der Waals surface area contributed by atoms with Crippen LogP contribution in [0.15, 0.2) is 84.6 Å². The lowest BCUT2D eigenvalue weighted by Crippen LogP contribution is -2.31. The quantitative estimate of drug-likeness (QED) is 0.370. The normalized spacial score (nSPS) is 13.6. The van der Waals surface area contributed by atoms with Crippen molar-refractivity contribution in [1.29, 1.82) is 0 Å². The summed E-state index contributed by atoms with van der Waals surface area (Å²) in [5.74, 6) is -0.889. The topological polar surface area (TPSA) is 92.6 Å². The lowest BCUT2D eigenvalue weighted by atomic mass is 10.0. The number of nitrogens with one attached hydrogen (secondary N) is 1. The Morgan fingerprint density at radius 2 is 1.52 bits per heavy atom. The zero-order valence-electron chi connectivity index (χ0n) is 16.7. The van der Waals surface area contributed by atoms with Crippen molar-refractivity contribution in [3.8, 4) is 0 Å². The van der Waals surface area contributed by atoms with E-state index in [4.69, 9.17) is 0 Å². The number of benzene rings is 3. The molecule has 0 aromatic heterocycles. The highest BCUT2D eigenvalue weighted by Gasteiger charge is 2.39. The van der Waals surface area contributed by atoms with Gasteiger partial charge in [0.2, 0.25) is 0 Å². The van der Waals surface area contributed by atoms with Crippen molar-refractivity contribution in [3.63, 3.8) is 0 Å². The van der Waals surface area contributed by atoms with Crippen LogP contribution in [-0.4, -0.2) is 21.6 Å². The molecule has 3 aromatic rings. The Labute approximate surface area is 178 Å². The molecule has 0 fully saturated rings. The molecule has 0 aliphatic carbocycles. The molecule has 0 saturated heterocycles. The number of non-ortho nitro benzene ring substituents is 1. The second-order valence-electron chi connectivity index (χ2n) is 7.23. The average Bonchev–Trinajstić information content (AvgIpc) is 3.00. The van der Waals surface area contributed by atoms with Crippen molar-refractivity contribution in [2.75, 3.05) is 5.32 Å². The number of carbonyl (C=O) groups excluding carboxylic acids is 2. The van der Waals surface area contributed by atoms with Crippen LogP contribution in [-0.2, 0) is 16.1 Å². The maximum Gasteiger partial charge on any atom is 0.278 e. The molecule has 4 rings (SSSR count). The van der Waals surface area contributed by atoms with Gasteiger partial charge in [0.25, 0.3) is 17.5 Å². The van der Waals surface area contributed by atoms with Crippen molar-refractivity contribution in [1.82, 2.24) is 4.90 Å². The van der Waals surface area contributed by atoms with Crippen LogP contribution in [0.1, 0.15) is 16.7 Å². The van der Waals surface area contributed by atoms with Gasteiger partial charge in [-0.25, -0.2) is 0 Å². The first kappa shape index (κ1) is 20.0. The van der Waals surface area contributed by atoms with Crippen molar-refractivity contribution < 1.29 is 14.5 Å². The largest absolute Gasteiger partial charge is 0.350 e. The second-order valence-corrected chi connectivity index (χ2v) is 7.23. The molecule has 2 amide bonds. The van der Waals surface area contributed by atoms with Crippen LogP contribution in [0.5, 0.6) is 0 Å². The molecule has 31 heavy (non-hydrogen) atoms. The minimum absolute atomic E-state index is 0.0877. The van der Waals surface area contributed by atoms with E-state index in [0.29, 0.717) is 11.3 Å². The first-order chi connectivity index (χ1) is 14.9. The molecule has 7 nitrogen and oxygen atoms in total. The number of rotatable bonds is 6. The molecule has 1 aliphatic rings. The van der Waals surface area contributed by atoms with Crippen LogP contribution in [0.25, 0.3) is 5.57 Å². The molecule has 154 valence electrons. The van der Waals surface area contributed by atoms with E-state index in [1.165, 1.54) is 29.2 Å². The number of aryl methyl sites for hydroxylation is 1. The number of nitro groups is 1. The van der Waals surface area contributed by atoms with Gasteiger partial charge in [0, 0.05) is 17.8 Å². The van der Waals surface area contributed by atoms with E-state index in [-0.39, 0.29) is 23.5 Å². The molecule has 0 bridgehead atoms. The van der Waals surface area contributed by atoms with Crippen molar-refractivity contribution >= 4 is 28.8 Å². The van der Waals surface area contributed by atoms with Gasteiger partial charge in [-0.15, -0.1) is 0 Å². The molecule has 0 radical (unpaired) electrons. The number of nitrogens with zero attached hydrogens (tertiary/aromatic N) is 2. The number of amides is 2. The highest BCUT2D eigenvalue weighted by molar-refractivity contribution is 6.36. The fraction of sp³-hybridized carbons (Fsp3) is 0.0833. The van der Waals surface area contributed by atoms with Gasteiger partial charge in [0.1, 0.15) is 5.70 Å². The first-order valence-electron chi connectivity index (χ1n) is 9.67. The summed E-state index contributed by atoms with van der Waals surface area (Å²) in [6, 6.07) is 22.3. The summed E-state index contributed by atoms with van der Waals surface area (Å²) in [6.45, 7) is 2.09. The van der Waals surface area contributed by atoms with Crippen LogP contribution in [0.4, 0.5) is 11.4 Å². The van der Waals surface area contributed by atoms with Crippen molar-refractivity contribution in [2.45, 2.75) is 13.5 Å². The van der Waals surface area contributed by atoms with Gasteiger partial charge >= 0.3 is 0 Å². The summed E-state index contributed by atoms with van der Waals surface area (Å²) in [5, 5.41) is 14.1. The molecule has 7 heteroatoms. The lowest BCUT2D eigenvalue weighted by Gasteiger charge is -2.15. The van der Waals surface area contributed by atoms with E-state index in [0.717, 1.165) is 11.1 Å². The highest BCUT2D eigenvalue weighted by atomic mass is 16.6. The van der Waals surface area contributed by atoms with E-state index >= 15 is 0 Å². The third-order valence-electron chi connectivity index (χ3n) is 5.04. The summed E-state index contributed by atoms with van der Waals surface area (Å²) in [6.07, 6.45) is 0. The summed E-state index contributed by atoms with van der Waals surface area (Å²) >= 11 is 0. The maximum atomic E-state index is 13.3. The van der Waals surface area contributed by atoms with Gasteiger partial charge in [0.05, 0.1) is 17.0 Å². The molecule has 1 N–H and O–H groups in total. The third kappa shape index (κ3) is 4.06. The van der Waals surface area contributed by atoms with E-state index in [1.807, 2.05) is 61.5 Å². The van der Waals surface area contributed by atoms with Gasteiger partial charge in [-0.2, -0.15) is 0 Å². The van der Waals surface area contributed by atoms with Crippen LogP contribution in [0.2, 0.25) is 0 Å². The highest BCUT2D eigenvalue weighted by Crippen LogP contribution is 2.32. The molecule has 0 unspecified atom stereocenters. The lowest BCUT2D eigenvalue weighted by molar-refractivity contribution is -0.384. The monoisotopic (exact) mass is 413 g/mol. The zero-order valence-corrected chi connectivity index (χ0v) is 16.7. The van der Waals surface area contributed by atoms with Gasteiger partial charge in [-0.3, -0.25) is 24.6 Å². The minimum Gasteiger partial charge on any atom is -0.350 e. The van der Waals surface area contributed by atoms with Crippen molar-refractivity contribution in [3.05, 3.63) is 111 Å². The van der Waals surface area contributed by atoms with Crippen LogP contribution in [0, 0.1) is 17.0 Å². The Balaban J connectivity index is 1.74. The van der Waals surface area contributed by atoms with E-state index < -0.39 is 16.7 Å². The molecule has 1 aliphatic heterocycles. The molecular formula is C24H19N3O4. The number of anilines is 1. The maximum absolute atomic E-state index is 13.3. The molecule has 0 spiro atoms. The van der Waals surface area contributed by atoms with Gasteiger partial charge < -0.3 is 5.32 Å². The predicted octanol–water partition coefficient (Wildman–Crippen LogP) is 4.30. The molecule has 1 heterocycles. The predicted molar refractivity (Wildman–Crippen MR) is 117 cm³/mol. The summed E-state index contributed by atoms with van der Waals surface area (Å²) in [7, 11) is 0. The van der Waals surface area contributed by atoms with Crippen LogP contribution in [0.3, 0.4) is 0 Å². The van der Waals surface area contributed by atoms with Crippen LogP contribution < -0.4 is 5.32 Å². The fourth-order valence-electron chi connectivity index (χ4n) is 3.40. The summed E-state index contributed by atoms with van der Waals surface area (Å²) in [5.41, 5.74) is 3.25. The Bertz CT molecular complexity index is 1180. The summed E-state index contributed by atoms with van der Waals surface area (Å²) in [4.78, 5) is 38.2. The fourth-order valence-corrected chi connectivity index (χ4v) is 3.40. The third-order valence-corrected chi connectivity index (χ3v) is 5.04. The van der Waals surface area contributed by atoms with Gasteiger partial charge in [0.15, 0.2) is 0 Å². The number of carbonyl (C=O) groups is 2. The number of imide groups is 1. The second kappa shape index (κ2) is 8.23. The molecule has 3 aromatic carbocycles. The smallest absolute Gasteiger partial charge is 0.278 e. The van der Waals surface area contributed by atoms with Gasteiger partial charge in [-0.1, -0.05) is 48.0 Å². The number of nitro benzene ring substituents is 1. The molecule has 0 atom stereocenters. The Hall–Kier alpha value is -4.26. The summed E-state index contributed by atoms with van der Waals surface area (Å²) < 4.78 is 0. The standard InChI is InChI=1S/C24H19N3O4/c1-16-7-11-19(12-8-16)25-22-21(18-9-13-20(14-10-18)27(30)31)23(28)26(24(22)29)15-17-5-3-2-4-6-17/h2-14,25H,15H2,1H3. The van der Waals surface area contributed by atoms with E-state index in [2.05, 4.69) is 5.32 Å². The SMILES string of the molecule is Cc1ccc(NC2=C(c3ccc([N+](=O)[O-])cc3)C(=O)N(Cc3ccccc3)C2=O)cc1. The minimum atomic E-state index is -0.507. The van der Waals surface area contributed by atoms with E-state index in [1.54, 1.807) is 0 Å². The number of hydrogen-bond acceptors (Lipinski definition) is 5. The first-order valence-corrected chi connectivity index (χ1v) is 9.67.